The molecule has 1 heterocycles. The predicted octanol–water partition coefficient (Wildman–Crippen LogP) is -0.358. The summed E-state index contributed by atoms with van der Waals surface area (Å²) in [6.45, 7) is 0.729. The van der Waals surface area contributed by atoms with E-state index in [9.17, 15) is 15.3 Å². The lowest BCUT2D eigenvalue weighted by Crippen LogP contribution is -2.57. The van der Waals surface area contributed by atoms with Crippen LogP contribution in [0.2, 0.25) is 0 Å². The summed E-state index contributed by atoms with van der Waals surface area (Å²) < 4.78 is 5.44. The Morgan fingerprint density at radius 1 is 0.952 bits per heavy atom. The fourth-order valence-corrected chi connectivity index (χ4v) is 3.47. The van der Waals surface area contributed by atoms with Crippen molar-refractivity contribution in [3.63, 3.8) is 0 Å². The van der Waals surface area contributed by atoms with Crippen molar-refractivity contribution in [3.8, 4) is 0 Å². The summed E-state index contributed by atoms with van der Waals surface area (Å²) >= 11 is 1.43. The van der Waals surface area contributed by atoms with E-state index in [1.165, 1.54) is 24.6 Å². The van der Waals surface area contributed by atoms with E-state index >= 15 is 0 Å². The summed E-state index contributed by atoms with van der Waals surface area (Å²) in [4.78, 5) is 2.17. The molecule has 1 aliphatic rings. The van der Waals surface area contributed by atoms with E-state index in [2.05, 4.69) is 19.0 Å². The summed E-state index contributed by atoms with van der Waals surface area (Å²) in [5.74, 6) is 0.824. The average Bonchev–Trinajstić information content (AvgIpc) is 2.45. The Morgan fingerprint density at radius 2 is 1.62 bits per heavy atom. The van der Waals surface area contributed by atoms with Crippen molar-refractivity contribution in [2.75, 3.05) is 33.0 Å². The van der Waals surface area contributed by atoms with Crippen LogP contribution in [0.3, 0.4) is 0 Å². The van der Waals surface area contributed by atoms with E-state index in [1.807, 2.05) is 0 Å². The average molecular weight is 323 g/mol. The third-order valence-corrected chi connectivity index (χ3v) is 4.87. The summed E-state index contributed by atoms with van der Waals surface area (Å²) in [6.07, 6.45) is 0.0279. The molecule has 0 aromatic heterocycles. The van der Waals surface area contributed by atoms with Gasteiger partial charge in [-0.05, 0) is 39.2 Å². The molecule has 21 heavy (non-hydrogen) atoms. The highest BCUT2D eigenvalue weighted by Crippen LogP contribution is 2.29. The van der Waals surface area contributed by atoms with E-state index in [0.717, 1.165) is 25.1 Å². The third-order valence-electron chi connectivity index (χ3n) is 3.63. The molecule has 1 fully saturated rings. The normalized spacial score (nSPS) is 33.6. The summed E-state index contributed by atoms with van der Waals surface area (Å²) in [7, 11) is 4.13. The van der Waals surface area contributed by atoms with Crippen molar-refractivity contribution in [3.05, 3.63) is 0 Å². The second-order valence-electron chi connectivity index (χ2n) is 5.79. The second kappa shape index (κ2) is 9.99. The number of aliphatic hydroxyl groups is 4. The quantitative estimate of drug-likeness (QED) is 0.431. The molecule has 7 heteroatoms. The van der Waals surface area contributed by atoms with Gasteiger partial charge in [0.15, 0.2) is 0 Å². The Hall–Kier alpha value is 0.110. The molecule has 0 bridgehead atoms. The Bertz CT molecular complexity index is 280. The van der Waals surface area contributed by atoms with Gasteiger partial charge in [-0.2, -0.15) is 0 Å². The summed E-state index contributed by atoms with van der Waals surface area (Å²) in [6, 6.07) is 0. The zero-order valence-electron chi connectivity index (χ0n) is 12.9. The van der Waals surface area contributed by atoms with Gasteiger partial charge < -0.3 is 30.1 Å². The lowest BCUT2D eigenvalue weighted by atomic mass is 10.0. The van der Waals surface area contributed by atoms with E-state index in [1.54, 1.807) is 0 Å². The molecular weight excluding hydrogens is 294 g/mol. The van der Waals surface area contributed by atoms with Crippen LogP contribution in [0.25, 0.3) is 0 Å². The highest BCUT2D eigenvalue weighted by atomic mass is 32.2. The van der Waals surface area contributed by atoms with Crippen molar-refractivity contribution in [1.82, 2.24) is 4.90 Å². The molecule has 0 aromatic carbocycles. The van der Waals surface area contributed by atoms with E-state index in [4.69, 9.17) is 9.84 Å². The molecule has 5 atom stereocenters. The number of nitrogens with zero attached hydrogens (tertiary/aromatic N) is 1. The van der Waals surface area contributed by atoms with Crippen LogP contribution in [0.15, 0.2) is 0 Å². The molecule has 0 saturated carbocycles. The van der Waals surface area contributed by atoms with Gasteiger partial charge in [0.05, 0.1) is 6.61 Å². The minimum absolute atomic E-state index is 0.369. The molecule has 0 aliphatic carbocycles. The number of unbranched alkanes of at least 4 members (excludes halogenated alkanes) is 3. The maximum absolute atomic E-state index is 9.88. The third kappa shape index (κ3) is 6.40. The Morgan fingerprint density at radius 3 is 2.24 bits per heavy atom. The van der Waals surface area contributed by atoms with Gasteiger partial charge in [0, 0.05) is 0 Å². The lowest BCUT2D eigenvalue weighted by Gasteiger charge is -2.39. The SMILES string of the molecule is CN(C)CCCCCCS[C@H]1O[C@H](CO)[C@@H](O)[C@H](O)[C@@H]1O. The van der Waals surface area contributed by atoms with Crippen molar-refractivity contribution in [2.24, 2.45) is 0 Å². The number of rotatable bonds is 9. The first-order valence-electron chi connectivity index (χ1n) is 7.54. The molecule has 4 N–H and O–H groups in total. The molecule has 126 valence electrons. The second-order valence-corrected chi connectivity index (χ2v) is 6.99. The number of aliphatic hydroxyl groups excluding tert-OH is 4. The van der Waals surface area contributed by atoms with Gasteiger partial charge in [-0.25, -0.2) is 0 Å². The Balaban J connectivity index is 2.19. The minimum atomic E-state index is -1.27. The molecular formula is C14H29NO5S. The molecule has 0 amide bonds. The van der Waals surface area contributed by atoms with Gasteiger partial charge in [-0.1, -0.05) is 12.8 Å². The highest BCUT2D eigenvalue weighted by molar-refractivity contribution is 7.99. The highest BCUT2D eigenvalue weighted by Gasteiger charge is 2.43. The van der Waals surface area contributed by atoms with Crippen LogP contribution in [0.1, 0.15) is 25.7 Å². The Labute approximate surface area is 131 Å². The monoisotopic (exact) mass is 323 g/mol. The van der Waals surface area contributed by atoms with Crippen LogP contribution < -0.4 is 0 Å². The molecule has 1 saturated heterocycles. The zero-order valence-corrected chi connectivity index (χ0v) is 13.7. The van der Waals surface area contributed by atoms with Crippen LogP contribution in [0.5, 0.6) is 0 Å². The topological polar surface area (TPSA) is 93.4 Å². The molecule has 0 aromatic rings. The number of thioether (sulfide) groups is 1. The first-order valence-corrected chi connectivity index (χ1v) is 8.59. The first-order chi connectivity index (χ1) is 9.97. The number of hydrogen-bond donors (Lipinski definition) is 4. The lowest BCUT2D eigenvalue weighted by molar-refractivity contribution is -0.205. The fraction of sp³-hybridized carbons (Fsp3) is 1.00. The van der Waals surface area contributed by atoms with Crippen LogP contribution >= 0.6 is 11.8 Å². The van der Waals surface area contributed by atoms with Gasteiger partial charge in [-0.15, -0.1) is 11.8 Å². The zero-order chi connectivity index (χ0) is 15.8. The molecule has 0 radical (unpaired) electrons. The van der Waals surface area contributed by atoms with Crippen LogP contribution in [-0.4, -0.2) is 88.2 Å². The van der Waals surface area contributed by atoms with Crippen molar-refractivity contribution in [1.29, 1.82) is 0 Å². The molecule has 1 aliphatic heterocycles. The van der Waals surface area contributed by atoms with Gasteiger partial charge in [0.1, 0.15) is 29.9 Å². The summed E-state index contributed by atoms with van der Waals surface area (Å²) in [5.41, 5.74) is -0.595. The molecule has 0 spiro atoms. The maximum atomic E-state index is 9.88. The van der Waals surface area contributed by atoms with Crippen molar-refractivity contribution < 1.29 is 25.2 Å². The summed E-state index contributed by atoms with van der Waals surface area (Å²) in [5, 5.41) is 38.4. The van der Waals surface area contributed by atoms with E-state index in [0.29, 0.717) is 0 Å². The standard InChI is InChI=1S/C14H29NO5S/c1-15(2)7-5-3-4-6-8-21-14-13(19)12(18)11(17)10(9-16)20-14/h10-14,16-19H,3-9H2,1-2H3/t10-,11-,12+,13+,14-/m1/s1. The first kappa shape index (κ1) is 19.2. The van der Waals surface area contributed by atoms with Crippen LogP contribution in [0, 0.1) is 0 Å². The number of hydrogen-bond acceptors (Lipinski definition) is 7. The van der Waals surface area contributed by atoms with Gasteiger partial charge in [-0.3, -0.25) is 0 Å². The van der Waals surface area contributed by atoms with E-state index in [-0.39, 0.29) is 6.61 Å². The van der Waals surface area contributed by atoms with E-state index < -0.39 is 29.9 Å². The van der Waals surface area contributed by atoms with Crippen LogP contribution in [-0.2, 0) is 4.74 Å². The molecule has 0 unspecified atom stereocenters. The largest absolute Gasteiger partial charge is 0.394 e. The van der Waals surface area contributed by atoms with Gasteiger partial charge in [0.25, 0.3) is 0 Å². The fourth-order valence-electron chi connectivity index (χ4n) is 2.29. The van der Waals surface area contributed by atoms with Gasteiger partial charge >= 0.3 is 0 Å². The molecule has 1 rings (SSSR count). The maximum Gasteiger partial charge on any atom is 0.132 e. The smallest absolute Gasteiger partial charge is 0.132 e. The van der Waals surface area contributed by atoms with Gasteiger partial charge in [0.2, 0.25) is 0 Å². The van der Waals surface area contributed by atoms with Crippen molar-refractivity contribution >= 4 is 11.8 Å². The predicted molar refractivity (Wildman–Crippen MR) is 83.2 cm³/mol. The number of ether oxygens (including phenoxy) is 1. The van der Waals surface area contributed by atoms with Crippen molar-refractivity contribution in [2.45, 2.75) is 55.5 Å². The Kier molecular flexibility index (Phi) is 9.12. The molecule has 6 nitrogen and oxygen atoms in total. The van der Waals surface area contributed by atoms with Crippen LogP contribution in [0.4, 0.5) is 0 Å². The minimum Gasteiger partial charge on any atom is -0.394 e.